The molecule has 0 atom stereocenters. The van der Waals surface area contributed by atoms with Crippen molar-refractivity contribution in [2.24, 2.45) is 7.05 Å². The molecule has 0 amide bonds. The first-order chi connectivity index (χ1) is 7.85. The lowest BCUT2D eigenvalue weighted by Gasteiger charge is -2.27. The van der Waals surface area contributed by atoms with Crippen molar-refractivity contribution in [1.82, 2.24) is 14.7 Å². The lowest BCUT2D eigenvalue weighted by Crippen LogP contribution is -2.38. The van der Waals surface area contributed by atoms with Crippen LogP contribution in [0.3, 0.4) is 0 Å². The molecule has 0 aliphatic carbocycles. The standard InChI is InChI=1S/C13H25N3O/c1-6-12-11(8-15(5)14-12)9-16(7-2)10-13(3,4)17/h8,17H,6-7,9-10H2,1-5H3. The van der Waals surface area contributed by atoms with Crippen LogP contribution in [0.15, 0.2) is 6.20 Å². The maximum Gasteiger partial charge on any atom is 0.0718 e. The number of rotatable bonds is 6. The summed E-state index contributed by atoms with van der Waals surface area (Å²) in [5.74, 6) is 0. The van der Waals surface area contributed by atoms with Crippen molar-refractivity contribution in [1.29, 1.82) is 0 Å². The number of hydrogen-bond donors (Lipinski definition) is 1. The van der Waals surface area contributed by atoms with Crippen molar-refractivity contribution < 1.29 is 5.11 Å². The zero-order valence-corrected chi connectivity index (χ0v) is 11.7. The fraction of sp³-hybridized carbons (Fsp3) is 0.769. The SMILES string of the molecule is CCc1nn(C)cc1CN(CC)CC(C)(C)O. The highest BCUT2D eigenvalue weighted by Crippen LogP contribution is 2.13. The third-order valence-electron chi connectivity index (χ3n) is 2.78. The third-order valence-corrected chi connectivity index (χ3v) is 2.78. The summed E-state index contributed by atoms with van der Waals surface area (Å²) in [7, 11) is 1.95. The summed E-state index contributed by atoms with van der Waals surface area (Å²) >= 11 is 0. The predicted molar refractivity (Wildman–Crippen MR) is 69.8 cm³/mol. The molecule has 1 aromatic heterocycles. The minimum Gasteiger partial charge on any atom is -0.389 e. The van der Waals surface area contributed by atoms with Gasteiger partial charge in [-0.3, -0.25) is 9.58 Å². The molecule has 1 N–H and O–H groups in total. The van der Waals surface area contributed by atoms with E-state index in [-0.39, 0.29) is 0 Å². The molecular weight excluding hydrogens is 214 g/mol. The quantitative estimate of drug-likeness (QED) is 0.819. The first-order valence-corrected chi connectivity index (χ1v) is 6.31. The predicted octanol–water partition coefficient (Wildman–Crippen LogP) is 1.58. The van der Waals surface area contributed by atoms with Gasteiger partial charge in [-0.1, -0.05) is 13.8 Å². The Morgan fingerprint density at radius 2 is 2.06 bits per heavy atom. The minimum absolute atomic E-state index is 0.648. The molecule has 0 spiro atoms. The number of hydrogen-bond acceptors (Lipinski definition) is 3. The summed E-state index contributed by atoms with van der Waals surface area (Å²) in [6.07, 6.45) is 3.03. The van der Waals surface area contributed by atoms with Gasteiger partial charge in [0.2, 0.25) is 0 Å². The molecular formula is C13H25N3O. The van der Waals surface area contributed by atoms with E-state index in [2.05, 4.69) is 30.0 Å². The summed E-state index contributed by atoms with van der Waals surface area (Å²) in [5.41, 5.74) is 1.77. The Balaban J connectivity index is 2.73. The first kappa shape index (κ1) is 14.2. The fourth-order valence-corrected chi connectivity index (χ4v) is 2.08. The van der Waals surface area contributed by atoms with E-state index in [4.69, 9.17) is 0 Å². The van der Waals surface area contributed by atoms with Crippen LogP contribution in [-0.4, -0.2) is 38.5 Å². The highest BCUT2D eigenvalue weighted by atomic mass is 16.3. The second kappa shape index (κ2) is 5.65. The zero-order chi connectivity index (χ0) is 13.1. The molecule has 0 saturated carbocycles. The number of aliphatic hydroxyl groups is 1. The van der Waals surface area contributed by atoms with E-state index in [0.29, 0.717) is 6.54 Å². The molecule has 4 nitrogen and oxygen atoms in total. The number of aromatic nitrogens is 2. The molecule has 0 bridgehead atoms. The van der Waals surface area contributed by atoms with Crippen molar-refractivity contribution >= 4 is 0 Å². The van der Waals surface area contributed by atoms with Gasteiger partial charge < -0.3 is 5.11 Å². The maximum atomic E-state index is 9.87. The Hall–Kier alpha value is -0.870. The zero-order valence-electron chi connectivity index (χ0n) is 11.7. The fourth-order valence-electron chi connectivity index (χ4n) is 2.08. The molecule has 1 rings (SSSR count). The van der Waals surface area contributed by atoms with Crippen molar-refractivity contribution in [2.75, 3.05) is 13.1 Å². The van der Waals surface area contributed by atoms with E-state index in [1.165, 1.54) is 5.56 Å². The van der Waals surface area contributed by atoms with Gasteiger partial charge in [0, 0.05) is 31.9 Å². The van der Waals surface area contributed by atoms with Crippen molar-refractivity contribution in [3.63, 3.8) is 0 Å². The topological polar surface area (TPSA) is 41.3 Å². The Morgan fingerprint density at radius 3 is 2.53 bits per heavy atom. The van der Waals surface area contributed by atoms with Gasteiger partial charge in [0.05, 0.1) is 11.3 Å². The van der Waals surface area contributed by atoms with Crippen LogP contribution in [-0.2, 0) is 20.0 Å². The van der Waals surface area contributed by atoms with Crippen LogP contribution in [0.2, 0.25) is 0 Å². The van der Waals surface area contributed by atoms with Crippen molar-refractivity contribution in [3.8, 4) is 0 Å². The van der Waals surface area contributed by atoms with Gasteiger partial charge in [0.1, 0.15) is 0 Å². The molecule has 0 aliphatic rings. The van der Waals surface area contributed by atoms with Crippen molar-refractivity contribution in [2.45, 2.75) is 46.3 Å². The number of nitrogens with zero attached hydrogens (tertiary/aromatic N) is 3. The Bertz CT molecular complexity index is 352. The molecule has 1 heterocycles. The van der Waals surface area contributed by atoms with E-state index >= 15 is 0 Å². The molecule has 0 aromatic carbocycles. The minimum atomic E-state index is -0.648. The third kappa shape index (κ3) is 4.48. The summed E-state index contributed by atoms with van der Waals surface area (Å²) in [4.78, 5) is 2.25. The highest BCUT2D eigenvalue weighted by Gasteiger charge is 2.18. The summed E-state index contributed by atoms with van der Waals surface area (Å²) in [6.45, 7) is 10.4. The van der Waals surface area contributed by atoms with E-state index in [1.807, 2.05) is 25.6 Å². The molecule has 98 valence electrons. The van der Waals surface area contributed by atoms with Gasteiger partial charge >= 0.3 is 0 Å². The van der Waals surface area contributed by atoms with Gasteiger partial charge in [-0.15, -0.1) is 0 Å². The van der Waals surface area contributed by atoms with Gasteiger partial charge in [-0.05, 0) is 26.8 Å². The van der Waals surface area contributed by atoms with E-state index in [9.17, 15) is 5.11 Å². The van der Waals surface area contributed by atoms with Crippen LogP contribution in [0.25, 0.3) is 0 Å². The second-order valence-electron chi connectivity index (χ2n) is 5.24. The van der Waals surface area contributed by atoms with Crippen LogP contribution in [0.1, 0.15) is 39.0 Å². The van der Waals surface area contributed by atoms with Crippen LogP contribution >= 0.6 is 0 Å². The van der Waals surface area contributed by atoms with Crippen LogP contribution < -0.4 is 0 Å². The Kier molecular flexibility index (Phi) is 4.71. The van der Waals surface area contributed by atoms with E-state index in [1.54, 1.807) is 0 Å². The smallest absolute Gasteiger partial charge is 0.0718 e. The lowest BCUT2D eigenvalue weighted by molar-refractivity contribution is 0.0352. The van der Waals surface area contributed by atoms with Gasteiger partial charge in [0.25, 0.3) is 0 Å². The van der Waals surface area contributed by atoms with Gasteiger partial charge in [-0.2, -0.15) is 5.10 Å². The largest absolute Gasteiger partial charge is 0.389 e. The molecule has 17 heavy (non-hydrogen) atoms. The van der Waals surface area contributed by atoms with Gasteiger partial charge in [-0.25, -0.2) is 0 Å². The van der Waals surface area contributed by atoms with E-state index in [0.717, 1.165) is 25.2 Å². The number of aryl methyl sites for hydroxylation is 2. The molecule has 0 saturated heterocycles. The normalized spacial score (nSPS) is 12.4. The molecule has 0 unspecified atom stereocenters. The van der Waals surface area contributed by atoms with Crippen LogP contribution in [0.4, 0.5) is 0 Å². The molecule has 0 aliphatic heterocycles. The molecule has 0 radical (unpaired) electrons. The molecule has 4 heteroatoms. The average Bonchev–Trinajstić information content (AvgIpc) is 2.55. The highest BCUT2D eigenvalue weighted by molar-refractivity contribution is 5.16. The summed E-state index contributed by atoms with van der Waals surface area (Å²) in [6, 6.07) is 0. The average molecular weight is 239 g/mol. The van der Waals surface area contributed by atoms with E-state index < -0.39 is 5.60 Å². The summed E-state index contributed by atoms with van der Waals surface area (Å²) in [5, 5.41) is 14.3. The lowest BCUT2D eigenvalue weighted by atomic mass is 10.1. The van der Waals surface area contributed by atoms with Gasteiger partial charge in [0.15, 0.2) is 0 Å². The molecule has 1 aromatic rings. The van der Waals surface area contributed by atoms with Crippen LogP contribution in [0.5, 0.6) is 0 Å². The number of likely N-dealkylation sites (N-methyl/N-ethyl adjacent to an activating group) is 1. The van der Waals surface area contributed by atoms with Crippen molar-refractivity contribution in [3.05, 3.63) is 17.5 Å². The maximum absolute atomic E-state index is 9.87. The molecule has 0 fully saturated rings. The Labute approximate surface area is 104 Å². The summed E-state index contributed by atoms with van der Waals surface area (Å²) < 4.78 is 1.87. The monoisotopic (exact) mass is 239 g/mol. The Morgan fingerprint density at radius 1 is 1.41 bits per heavy atom. The first-order valence-electron chi connectivity index (χ1n) is 6.31. The second-order valence-corrected chi connectivity index (χ2v) is 5.24. The van der Waals surface area contributed by atoms with Crippen LogP contribution in [0, 0.1) is 0 Å².